The normalized spacial score (nSPS) is 12.3. The number of halogens is 1. The van der Waals surface area contributed by atoms with Gasteiger partial charge in [0.2, 0.25) is 0 Å². The Balaban J connectivity index is 1.81. The maximum Gasteiger partial charge on any atom is 0.164 e. The van der Waals surface area contributed by atoms with Crippen molar-refractivity contribution in [3.63, 3.8) is 0 Å². The average molecular weight is 378 g/mol. The van der Waals surface area contributed by atoms with Crippen LogP contribution in [0, 0.1) is 19.7 Å². The second-order valence-electron chi connectivity index (χ2n) is 6.52. The molecule has 4 aromatic rings. The molecule has 0 aliphatic rings. The van der Waals surface area contributed by atoms with E-state index in [1.54, 1.807) is 35.9 Å². The predicted molar refractivity (Wildman–Crippen MR) is 109 cm³/mol. The summed E-state index contributed by atoms with van der Waals surface area (Å²) in [6, 6.07) is 10.3. The summed E-state index contributed by atoms with van der Waals surface area (Å²) in [4.78, 5) is 15.9. The van der Waals surface area contributed by atoms with Gasteiger partial charge in [-0.25, -0.2) is 14.4 Å². The molecule has 6 heteroatoms. The SMILES string of the molecule is Cc1sc2nc(-c3cccnc3)nc(N[C@H](C)c3ccc(F)cc3)c2c1C. The molecule has 1 atom stereocenters. The smallest absolute Gasteiger partial charge is 0.164 e. The molecular weight excluding hydrogens is 359 g/mol. The highest BCUT2D eigenvalue weighted by Crippen LogP contribution is 2.36. The molecule has 0 spiro atoms. The van der Waals surface area contributed by atoms with E-state index in [1.165, 1.54) is 22.6 Å². The van der Waals surface area contributed by atoms with Crippen molar-refractivity contribution in [3.8, 4) is 11.4 Å². The minimum Gasteiger partial charge on any atom is -0.363 e. The minimum atomic E-state index is -0.237. The monoisotopic (exact) mass is 378 g/mol. The van der Waals surface area contributed by atoms with Crippen molar-refractivity contribution in [3.05, 3.63) is 70.6 Å². The second-order valence-corrected chi connectivity index (χ2v) is 7.72. The van der Waals surface area contributed by atoms with Crippen LogP contribution >= 0.6 is 11.3 Å². The molecule has 4 nitrogen and oxygen atoms in total. The molecule has 136 valence electrons. The van der Waals surface area contributed by atoms with Gasteiger partial charge < -0.3 is 5.32 Å². The summed E-state index contributed by atoms with van der Waals surface area (Å²) in [6.45, 7) is 6.23. The minimum absolute atomic E-state index is 0.0231. The third-order valence-corrected chi connectivity index (χ3v) is 5.77. The topological polar surface area (TPSA) is 50.7 Å². The number of anilines is 1. The van der Waals surface area contributed by atoms with E-state index in [-0.39, 0.29) is 11.9 Å². The first-order valence-corrected chi connectivity index (χ1v) is 9.54. The summed E-state index contributed by atoms with van der Waals surface area (Å²) < 4.78 is 13.2. The molecule has 0 fully saturated rings. The van der Waals surface area contributed by atoms with Gasteiger partial charge in [-0.3, -0.25) is 4.98 Å². The van der Waals surface area contributed by atoms with E-state index >= 15 is 0 Å². The quantitative estimate of drug-likeness (QED) is 0.496. The van der Waals surface area contributed by atoms with Crippen LogP contribution in [-0.4, -0.2) is 15.0 Å². The van der Waals surface area contributed by atoms with Gasteiger partial charge in [0.1, 0.15) is 16.5 Å². The van der Waals surface area contributed by atoms with E-state index < -0.39 is 0 Å². The molecule has 3 heterocycles. The highest BCUT2D eigenvalue weighted by atomic mass is 32.1. The fraction of sp³-hybridized carbons (Fsp3) is 0.190. The fourth-order valence-electron chi connectivity index (χ4n) is 3.02. The van der Waals surface area contributed by atoms with E-state index in [0.29, 0.717) is 5.82 Å². The van der Waals surface area contributed by atoms with Crippen molar-refractivity contribution in [2.45, 2.75) is 26.8 Å². The van der Waals surface area contributed by atoms with Crippen LogP contribution in [0.4, 0.5) is 10.2 Å². The lowest BCUT2D eigenvalue weighted by molar-refractivity contribution is 0.626. The molecule has 3 aromatic heterocycles. The largest absolute Gasteiger partial charge is 0.363 e. The van der Waals surface area contributed by atoms with Crippen molar-refractivity contribution in [2.24, 2.45) is 0 Å². The van der Waals surface area contributed by atoms with Crippen molar-refractivity contribution >= 4 is 27.4 Å². The van der Waals surface area contributed by atoms with E-state index in [4.69, 9.17) is 9.97 Å². The van der Waals surface area contributed by atoms with Gasteiger partial charge >= 0.3 is 0 Å². The Morgan fingerprint density at radius 3 is 2.56 bits per heavy atom. The van der Waals surface area contributed by atoms with Crippen LogP contribution in [0.15, 0.2) is 48.8 Å². The Labute approximate surface area is 161 Å². The standard InChI is InChI=1S/C21H19FN4S/c1-12-14(3)27-21-18(12)20(24-13(2)15-6-8-17(22)9-7-15)25-19(26-21)16-5-4-10-23-11-16/h4-11,13H,1-3H3,(H,24,25,26)/t13-/m1/s1. The van der Waals surface area contributed by atoms with Crippen LogP contribution in [0.25, 0.3) is 21.6 Å². The number of aromatic nitrogens is 3. The van der Waals surface area contributed by atoms with Crippen molar-refractivity contribution in [2.75, 3.05) is 5.32 Å². The number of pyridine rings is 1. The Hall–Kier alpha value is -2.86. The molecule has 0 unspecified atom stereocenters. The summed E-state index contributed by atoms with van der Waals surface area (Å²) in [5.74, 6) is 1.20. The van der Waals surface area contributed by atoms with Crippen molar-refractivity contribution in [1.82, 2.24) is 15.0 Å². The zero-order chi connectivity index (χ0) is 19.0. The molecule has 27 heavy (non-hydrogen) atoms. The number of thiophene rings is 1. The van der Waals surface area contributed by atoms with Gasteiger partial charge in [-0.05, 0) is 56.2 Å². The number of nitrogens with one attached hydrogen (secondary N) is 1. The van der Waals surface area contributed by atoms with E-state index in [2.05, 4.69) is 24.1 Å². The van der Waals surface area contributed by atoms with Crippen LogP contribution in [0.3, 0.4) is 0 Å². The van der Waals surface area contributed by atoms with Gasteiger partial charge in [0.05, 0.1) is 5.39 Å². The lowest BCUT2D eigenvalue weighted by Crippen LogP contribution is -2.09. The molecule has 0 radical (unpaired) electrons. The second kappa shape index (κ2) is 7.04. The molecular formula is C21H19FN4S. The summed E-state index contributed by atoms with van der Waals surface area (Å²) in [5.41, 5.74) is 3.05. The van der Waals surface area contributed by atoms with Crippen molar-refractivity contribution < 1.29 is 4.39 Å². The summed E-state index contributed by atoms with van der Waals surface area (Å²) in [7, 11) is 0. The number of benzene rings is 1. The van der Waals surface area contributed by atoms with Gasteiger partial charge in [0.25, 0.3) is 0 Å². The summed E-state index contributed by atoms with van der Waals surface area (Å²) in [5, 5.41) is 4.54. The maximum absolute atomic E-state index is 13.2. The Morgan fingerprint density at radius 1 is 1.07 bits per heavy atom. The number of fused-ring (bicyclic) bond motifs is 1. The van der Waals surface area contributed by atoms with Crippen LogP contribution in [0.5, 0.6) is 0 Å². The average Bonchev–Trinajstić information content (AvgIpc) is 2.97. The number of rotatable bonds is 4. The predicted octanol–water partition coefficient (Wildman–Crippen LogP) is 5.68. The Bertz CT molecular complexity index is 1090. The highest BCUT2D eigenvalue weighted by Gasteiger charge is 2.17. The van der Waals surface area contributed by atoms with Gasteiger partial charge in [0.15, 0.2) is 5.82 Å². The number of nitrogens with zero attached hydrogens (tertiary/aromatic N) is 3. The zero-order valence-corrected chi connectivity index (χ0v) is 16.1. The number of hydrogen-bond acceptors (Lipinski definition) is 5. The van der Waals surface area contributed by atoms with Gasteiger partial charge in [-0.15, -0.1) is 11.3 Å². The van der Waals surface area contributed by atoms with Crippen LogP contribution in [-0.2, 0) is 0 Å². The molecule has 0 bridgehead atoms. The summed E-state index contributed by atoms with van der Waals surface area (Å²) in [6.07, 6.45) is 3.50. The van der Waals surface area contributed by atoms with E-state index in [1.807, 2.05) is 19.1 Å². The number of aryl methyl sites for hydroxylation is 2. The van der Waals surface area contributed by atoms with E-state index in [0.717, 1.165) is 27.2 Å². The molecule has 1 aromatic carbocycles. The first-order valence-electron chi connectivity index (χ1n) is 8.73. The van der Waals surface area contributed by atoms with E-state index in [9.17, 15) is 4.39 Å². The Morgan fingerprint density at radius 2 is 1.85 bits per heavy atom. The maximum atomic E-state index is 13.2. The van der Waals surface area contributed by atoms with Crippen LogP contribution < -0.4 is 5.32 Å². The summed E-state index contributed by atoms with van der Waals surface area (Å²) >= 11 is 1.67. The molecule has 0 aliphatic carbocycles. The molecule has 0 aliphatic heterocycles. The first-order chi connectivity index (χ1) is 13.0. The first kappa shape index (κ1) is 17.5. The van der Waals surface area contributed by atoms with Gasteiger partial charge in [-0.1, -0.05) is 12.1 Å². The third-order valence-electron chi connectivity index (χ3n) is 4.67. The van der Waals surface area contributed by atoms with Crippen molar-refractivity contribution in [1.29, 1.82) is 0 Å². The third kappa shape index (κ3) is 3.40. The van der Waals surface area contributed by atoms with Crippen LogP contribution in [0.2, 0.25) is 0 Å². The molecule has 0 amide bonds. The fourth-order valence-corrected chi connectivity index (χ4v) is 4.05. The zero-order valence-electron chi connectivity index (χ0n) is 15.3. The molecule has 0 saturated heterocycles. The van der Waals surface area contributed by atoms with Gasteiger partial charge in [0, 0.05) is 28.9 Å². The molecule has 4 rings (SSSR count). The Kier molecular flexibility index (Phi) is 4.58. The highest BCUT2D eigenvalue weighted by molar-refractivity contribution is 7.18. The van der Waals surface area contributed by atoms with Gasteiger partial charge in [-0.2, -0.15) is 0 Å². The lowest BCUT2D eigenvalue weighted by atomic mass is 10.1. The molecule has 0 saturated carbocycles. The number of hydrogen-bond donors (Lipinski definition) is 1. The molecule has 1 N–H and O–H groups in total. The van der Waals surface area contributed by atoms with Crippen LogP contribution in [0.1, 0.15) is 29.0 Å². The lowest BCUT2D eigenvalue weighted by Gasteiger charge is -2.17.